The number of rotatable bonds is 8. The lowest BCUT2D eigenvalue weighted by atomic mass is 9.70. The molecule has 30 heavy (non-hydrogen) atoms. The van der Waals surface area contributed by atoms with Crippen LogP contribution < -0.4 is 4.74 Å². The number of carboxylic acids is 1. The summed E-state index contributed by atoms with van der Waals surface area (Å²) in [7, 11) is 0. The molecule has 0 heterocycles. The van der Waals surface area contributed by atoms with E-state index in [9.17, 15) is 19.5 Å². The molecule has 0 bridgehead atoms. The Morgan fingerprint density at radius 2 is 1.83 bits per heavy atom. The third-order valence-corrected chi connectivity index (χ3v) is 5.66. The van der Waals surface area contributed by atoms with Gasteiger partial charge in [-0.05, 0) is 69.1 Å². The van der Waals surface area contributed by atoms with Gasteiger partial charge in [0.1, 0.15) is 5.75 Å². The summed E-state index contributed by atoms with van der Waals surface area (Å²) in [6.07, 6.45) is 5.78. The number of allylic oxidation sites excluding steroid dienone is 2. The van der Waals surface area contributed by atoms with E-state index in [1.54, 1.807) is 6.07 Å². The van der Waals surface area contributed by atoms with E-state index in [2.05, 4.69) is 26.8 Å². The predicted octanol–water partition coefficient (Wildman–Crippen LogP) is 5.22. The van der Waals surface area contributed by atoms with E-state index in [-0.39, 0.29) is 35.7 Å². The Labute approximate surface area is 178 Å². The maximum Gasteiger partial charge on any atom is 0.335 e. The fraction of sp³-hybridized carbons (Fsp3) is 0.542. The summed E-state index contributed by atoms with van der Waals surface area (Å²) in [6.45, 7) is 9.16. The average Bonchev–Trinajstić information content (AvgIpc) is 2.64. The molecule has 1 N–H and O–H groups in total. The molecular formula is C24H32O6. The number of fused-ring (bicyclic) bond motifs is 1. The quantitative estimate of drug-likeness (QED) is 0.355. The highest BCUT2D eigenvalue weighted by atomic mass is 16.5. The summed E-state index contributed by atoms with van der Waals surface area (Å²) < 4.78 is 10.7. The van der Waals surface area contributed by atoms with Gasteiger partial charge in [-0.1, -0.05) is 18.6 Å². The van der Waals surface area contributed by atoms with Gasteiger partial charge in [-0.15, -0.1) is 0 Å². The Hall–Kier alpha value is -2.63. The van der Waals surface area contributed by atoms with E-state index >= 15 is 0 Å². The normalized spacial score (nSPS) is 18.7. The number of carbonyl (C=O) groups is 3. The predicted molar refractivity (Wildman–Crippen MR) is 114 cm³/mol. The van der Waals surface area contributed by atoms with Crippen molar-refractivity contribution < 1.29 is 29.0 Å². The van der Waals surface area contributed by atoms with Gasteiger partial charge in [0.05, 0.1) is 12.2 Å². The topological polar surface area (TPSA) is 89.9 Å². The maximum absolute atomic E-state index is 11.7. The summed E-state index contributed by atoms with van der Waals surface area (Å²) in [6, 6.07) is 3.10. The van der Waals surface area contributed by atoms with Crippen LogP contribution in [0.4, 0.5) is 0 Å². The Morgan fingerprint density at radius 1 is 1.13 bits per heavy atom. The smallest absolute Gasteiger partial charge is 0.335 e. The summed E-state index contributed by atoms with van der Waals surface area (Å²) in [5.74, 6) is -1.35. The van der Waals surface area contributed by atoms with Crippen LogP contribution in [-0.4, -0.2) is 29.6 Å². The number of carboxylic acid groups (broad SMARTS) is 1. The summed E-state index contributed by atoms with van der Waals surface area (Å²) in [4.78, 5) is 34.8. The van der Waals surface area contributed by atoms with Crippen LogP contribution in [0.2, 0.25) is 0 Å². The zero-order valence-electron chi connectivity index (χ0n) is 18.5. The third kappa shape index (κ3) is 6.18. The van der Waals surface area contributed by atoms with Gasteiger partial charge in [0.25, 0.3) is 0 Å². The molecule has 2 rings (SSSR count). The first-order valence-corrected chi connectivity index (χ1v) is 10.5. The minimum Gasteiger partial charge on any atom is -0.478 e. The molecule has 3 unspecified atom stereocenters. The van der Waals surface area contributed by atoms with Gasteiger partial charge in [-0.2, -0.15) is 0 Å². The lowest BCUT2D eigenvalue weighted by molar-refractivity contribution is -0.141. The lowest BCUT2D eigenvalue weighted by Crippen LogP contribution is -2.25. The molecule has 1 aliphatic rings. The molecule has 3 atom stereocenters. The van der Waals surface area contributed by atoms with Crippen LogP contribution in [0, 0.1) is 5.92 Å². The number of hydrogen-bond donors (Lipinski definition) is 1. The first-order valence-electron chi connectivity index (χ1n) is 10.5. The molecule has 6 nitrogen and oxygen atoms in total. The minimum atomic E-state index is -1.07. The molecule has 0 saturated heterocycles. The number of benzene rings is 1. The highest BCUT2D eigenvalue weighted by molar-refractivity contribution is 5.89. The summed E-state index contributed by atoms with van der Waals surface area (Å²) in [5, 5.41) is 9.60. The molecule has 1 aromatic carbocycles. The van der Waals surface area contributed by atoms with E-state index in [0.29, 0.717) is 5.92 Å². The Bertz CT molecular complexity index is 834. The van der Waals surface area contributed by atoms with E-state index in [4.69, 9.17) is 9.47 Å². The largest absolute Gasteiger partial charge is 0.478 e. The minimum absolute atomic E-state index is 0.0969. The van der Waals surface area contributed by atoms with Crippen molar-refractivity contribution in [3.05, 3.63) is 40.5 Å². The van der Waals surface area contributed by atoms with Crippen LogP contribution in [0.3, 0.4) is 0 Å². The van der Waals surface area contributed by atoms with Crippen LogP contribution in [0.1, 0.15) is 93.6 Å². The van der Waals surface area contributed by atoms with E-state index in [0.717, 1.165) is 36.8 Å². The van der Waals surface area contributed by atoms with E-state index in [1.165, 1.54) is 25.5 Å². The molecule has 6 heteroatoms. The standard InChI is InChI=1S/C24H32O6/c1-14(2)7-6-8-15(3)20-10-9-18(13-29-16(4)25)23-21(20)11-19(24(27)28)12-22(23)30-17(5)26/h7,11-12,15,18,20H,6,8-10,13H2,1-5H3,(H,27,28). The SMILES string of the molecule is CC(=O)OCC1CCC(C(C)CCC=C(C)C)c2cc(C(=O)O)cc(OC(C)=O)c21. The monoisotopic (exact) mass is 416 g/mol. The molecule has 0 fully saturated rings. The Kier molecular flexibility index (Phi) is 8.21. The van der Waals surface area contributed by atoms with Crippen molar-refractivity contribution in [1.82, 2.24) is 0 Å². The molecule has 0 aliphatic heterocycles. The van der Waals surface area contributed by atoms with E-state index in [1.807, 2.05) is 0 Å². The maximum atomic E-state index is 11.7. The van der Waals surface area contributed by atoms with Crippen molar-refractivity contribution in [3.63, 3.8) is 0 Å². The number of aromatic carboxylic acids is 1. The Balaban J connectivity index is 2.50. The van der Waals surface area contributed by atoms with E-state index < -0.39 is 11.9 Å². The van der Waals surface area contributed by atoms with Crippen molar-refractivity contribution in [2.24, 2.45) is 5.92 Å². The van der Waals surface area contributed by atoms with Crippen molar-refractivity contribution in [2.45, 2.75) is 72.1 Å². The second kappa shape index (κ2) is 10.4. The lowest BCUT2D eigenvalue weighted by Gasteiger charge is -2.36. The van der Waals surface area contributed by atoms with Crippen molar-refractivity contribution in [1.29, 1.82) is 0 Å². The molecule has 0 radical (unpaired) electrons. The van der Waals surface area contributed by atoms with Gasteiger partial charge in [0.2, 0.25) is 0 Å². The second-order valence-electron chi connectivity index (χ2n) is 8.40. The molecule has 0 spiro atoms. The van der Waals surface area contributed by atoms with Gasteiger partial charge in [0, 0.05) is 25.3 Å². The summed E-state index contributed by atoms with van der Waals surface area (Å²) in [5.41, 5.74) is 3.05. The zero-order chi connectivity index (χ0) is 22.4. The number of esters is 2. The third-order valence-electron chi connectivity index (χ3n) is 5.66. The van der Waals surface area contributed by atoms with Gasteiger partial charge in [0.15, 0.2) is 0 Å². The highest BCUT2D eigenvalue weighted by Crippen LogP contribution is 2.48. The molecule has 0 saturated carbocycles. The van der Waals surface area contributed by atoms with Gasteiger partial charge in [-0.25, -0.2) is 4.79 Å². The first-order chi connectivity index (χ1) is 14.1. The van der Waals surface area contributed by atoms with Crippen molar-refractivity contribution in [2.75, 3.05) is 6.61 Å². The summed E-state index contributed by atoms with van der Waals surface area (Å²) >= 11 is 0. The van der Waals surface area contributed by atoms with Gasteiger partial charge >= 0.3 is 17.9 Å². The van der Waals surface area contributed by atoms with Gasteiger partial charge < -0.3 is 14.6 Å². The second-order valence-corrected chi connectivity index (χ2v) is 8.40. The van der Waals surface area contributed by atoms with Crippen LogP contribution in [-0.2, 0) is 14.3 Å². The Morgan fingerprint density at radius 3 is 2.40 bits per heavy atom. The van der Waals surface area contributed by atoms with Crippen molar-refractivity contribution >= 4 is 17.9 Å². The number of hydrogen-bond acceptors (Lipinski definition) is 5. The van der Waals surface area contributed by atoms with Crippen molar-refractivity contribution in [3.8, 4) is 5.75 Å². The molecular weight excluding hydrogens is 384 g/mol. The highest BCUT2D eigenvalue weighted by Gasteiger charge is 2.34. The van der Waals surface area contributed by atoms with Crippen LogP contribution in [0.15, 0.2) is 23.8 Å². The molecule has 1 aliphatic carbocycles. The fourth-order valence-corrected chi connectivity index (χ4v) is 4.25. The molecule has 164 valence electrons. The molecule has 0 aromatic heterocycles. The van der Waals surface area contributed by atoms with Crippen LogP contribution in [0.25, 0.3) is 0 Å². The number of carbonyl (C=O) groups excluding carboxylic acids is 2. The van der Waals surface area contributed by atoms with Crippen LogP contribution >= 0.6 is 0 Å². The molecule has 1 aromatic rings. The molecule has 0 amide bonds. The number of ether oxygens (including phenoxy) is 2. The van der Waals surface area contributed by atoms with Crippen LogP contribution in [0.5, 0.6) is 5.75 Å². The zero-order valence-corrected chi connectivity index (χ0v) is 18.5. The first kappa shape index (κ1) is 23.6. The fourth-order valence-electron chi connectivity index (χ4n) is 4.25. The van der Waals surface area contributed by atoms with Gasteiger partial charge in [-0.3, -0.25) is 9.59 Å². The average molecular weight is 417 g/mol.